The van der Waals surface area contributed by atoms with Crippen LogP contribution in [0.1, 0.15) is 44.0 Å². The molecule has 1 saturated heterocycles. The second kappa shape index (κ2) is 12.0. The molecular formula is C36H49NO12. The maximum Gasteiger partial charge on any atom is 0.338 e. The molecule has 0 aromatic heterocycles. The minimum absolute atomic E-state index is 0.0534. The summed E-state index contributed by atoms with van der Waals surface area (Å²) in [5, 5.41) is 26.6. The monoisotopic (exact) mass is 687 g/mol. The van der Waals surface area contributed by atoms with Gasteiger partial charge in [-0.05, 0) is 31.0 Å². The molecule has 6 aliphatic rings. The lowest BCUT2D eigenvalue weighted by atomic mass is 9.42. The maximum atomic E-state index is 13.8. The highest BCUT2D eigenvalue weighted by atomic mass is 16.6. The van der Waals surface area contributed by atoms with Gasteiger partial charge in [-0.25, -0.2) is 4.79 Å². The number of likely N-dealkylation sites (tertiary alicyclic amines) is 1. The first kappa shape index (κ1) is 34.8. The van der Waals surface area contributed by atoms with E-state index in [1.54, 1.807) is 51.7 Å². The van der Waals surface area contributed by atoms with Crippen LogP contribution in [0.3, 0.4) is 0 Å². The Morgan fingerprint density at radius 1 is 0.857 bits per heavy atom. The van der Waals surface area contributed by atoms with Crippen molar-refractivity contribution in [1.29, 1.82) is 0 Å². The SMILES string of the molecule is CCN1C[C@]2(COC)[C@H](OC(C)=O)C[C@H](OC)C34C1C([C@H](OC)[C@@H]32)[C@]1(O)[C@H]2[C@@H](OC(=O)c3ccccc3)[C@@](O)(C[C@@H]24)[C@@H](OC)[C@@H]1OC(C)=O. The Bertz CT molecular complexity index is 1480. The lowest BCUT2D eigenvalue weighted by Gasteiger charge is -2.70. The number of carbonyl (C=O) groups is 3. The van der Waals surface area contributed by atoms with Gasteiger partial charge in [-0.15, -0.1) is 0 Å². The predicted molar refractivity (Wildman–Crippen MR) is 170 cm³/mol. The second-order valence-electron chi connectivity index (χ2n) is 15.0. The van der Waals surface area contributed by atoms with Crippen molar-refractivity contribution >= 4 is 17.9 Å². The fourth-order valence-electron chi connectivity index (χ4n) is 12.5. The molecule has 1 aromatic rings. The molecule has 7 bridgehead atoms. The smallest absolute Gasteiger partial charge is 0.338 e. The topological polar surface area (TPSA) is 160 Å². The fourth-order valence-corrected chi connectivity index (χ4v) is 12.5. The van der Waals surface area contributed by atoms with Crippen molar-refractivity contribution in [3.63, 3.8) is 0 Å². The zero-order valence-electron chi connectivity index (χ0n) is 29.2. The molecule has 0 radical (unpaired) electrons. The van der Waals surface area contributed by atoms with Gasteiger partial charge in [0.25, 0.3) is 0 Å². The second-order valence-corrected chi connectivity index (χ2v) is 15.0. The van der Waals surface area contributed by atoms with E-state index in [1.165, 1.54) is 21.0 Å². The molecule has 49 heavy (non-hydrogen) atoms. The van der Waals surface area contributed by atoms with Crippen LogP contribution in [0.4, 0.5) is 0 Å². The molecule has 6 fully saturated rings. The van der Waals surface area contributed by atoms with Crippen LogP contribution in [0.5, 0.6) is 0 Å². The largest absolute Gasteiger partial charge is 0.462 e. The number of benzene rings is 1. The predicted octanol–water partition coefficient (Wildman–Crippen LogP) is 1.22. The summed E-state index contributed by atoms with van der Waals surface area (Å²) in [5.41, 5.74) is -5.09. The van der Waals surface area contributed by atoms with E-state index in [1.807, 2.05) is 6.92 Å². The number of ether oxygens (including phenoxy) is 7. The number of aliphatic hydroxyl groups is 2. The van der Waals surface area contributed by atoms with Crippen LogP contribution in [-0.4, -0.2) is 135 Å². The molecule has 1 aliphatic heterocycles. The van der Waals surface area contributed by atoms with E-state index in [9.17, 15) is 24.6 Å². The van der Waals surface area contributed by atoms with E-state index >= 15 is 0 Å². The lowest BCUT2D eigenvalue weighted by Crippen LogP contribution is -2.81. The van der Waals surface area contributed by atoms with Gasteiger partial charge in [-0.1, -0.05) is 25.1 Å². The number of methoxy groups -OCH3 is 4. The van der Waals surface area contributed by atoms with Crippen molar-refractivity contribution in [3.05, 3.63) is 35.9 Å². The number of esters is 3. The molecule has 13 nitrogen and oxygen atoms in total. The van der Waals surface area contributed by atoms with Gasteiger partial charge in [0.15, 0.2) is 6.10 Å². The minimum atomic E-state index is -1.90. The number of carbonyl (C=O) groups excluding carboxylic acids is 3. The zero-order valence-corrected chi connectivity index (χ0v) is 29.2. The number of hydrogen-bond donors (Lipinski definition) is 2. The van der Waals surface area contributed by atoms with Crippen molar-refractivity contribution in [2.45, 2.75) is 87.5 Å². The van der Waals surface area contributed by atoms with Crippen molar-refractivity contribution < 1.29 is 57.8 Å². The summed E-state index contributed by atoms with van der Waals surface area (Å²) < 4.78 is 43.4. The van der Waals surface area contributed by atoms with Crippen LogP contribution in [-0.2, 0) is 42.7 Å². The van der Waals surface area contributed by atoms with E-state index < -0.39 is 100 Å². The molecule has 13 heteroatoms. The van der Waals surface area contributed by atoms with Crippen molar-refractivity contribution in [1.82, 2.24) is 4.90 Å². The van der Waals surface area contributed by atoms with E-state index in [2.05, 4.69) is 4.90 Å². The van der Waals surface area contributed by atoms with Gasteiger partial charge in [0.1, 0.15) is 29.5 Å². The molecule has 1 spiro atoms. The standard InChI is InChI=1S/C36H49NO12/c1-8-37-16-33(17-43-4)22(47-18(2)38)14-23(44-5)35-21-15-34(41)29(49-32(40)20-12-10-9-11-13-20)24(21)36(42,31(30(34)46-7)48-19(3)39)25(28(35)37)26(45-6)27(33)35/h9-13,21-31,41-42H,8,14-17H2,1-7H3/t21-,22+,23-,24+,25?,26-,27+,28?,29+,30-,31-,33-,34-,35?,36+/m0/s1. The summed E-state index contributed by atoms with van der Waals surface area (Å²) in [6.45, 7) is 5.96. The van der Waals surface area contributed by atoms with E-state index in [0.717, 1.165) is 0 Å². The average Bonchev–Trinajstić information content (AvgIpc) is 3.45. The Labute approximate surface area is 286 Å². The van der Waals surface area contributed by atoms with E-state index in [0.29, 0.717) is 25.1 Å². The maximum absolute atomic E-state index is 13.8. The Morgan fingerprint density at radius 3 is 2.12 bits per heavy atom. The molecular weight excluding hydrogens is 638 g/mol. The van der Waals surface area contributed by atoms with Crippen LogP contribution in [0.2, 0.25) is 0 Å². The van der Waals surface area contributed by atoms with Gasteiger partial charge in [-0.3, -0.25) is 14.5 Å². The lowest BCUT2D eigenvalue weighted by molar-refractivity contribution is -0.322. The van der Waals surface area contributed by atoms with E-state index in [4.69, 9.17) is 33.2 Å². The highest BCUT2D eigenvalue weighted by molar-refractivity contribution is 5.89. The molecule has 15 atom stereocenters. The van der Waals surface area contributed by atoms with Gasteiger partial charge in [0, 0.05) is 89.9 Å². The van der Waals surface area contributed by atoms with Gasteiger partial charge in [0.2, 0.25) is 0 Å². The number of piperidine rings is 1. The summed E-state index contributed by atoms with van der Waals surface area (Å²) >= 11 is 0. The van der Waals surface area contributed by atoms with Crippen LogP contribution in [0.15, 0.2) is 30.3 Å². The average molecular weight is 688 g/mol. The summed E-state index contributed by atoms with van der Waals surface area (Å²) in [6.07, 6.45) is -5.22. The zero-order chi connectivity index (χ0) is 35.3. The Balaban J connectivity index is 1.51. The van der Waals surface area contributed by atoms with Gasteiger partial charge in [0.05, 0.1) is 24.4 Å². The Hall–Kier alpha value is -2.65. The fraction of sp³-hybridized carbons (Fsp3) is 0.750. The summed E-state index contributed by atoms with van der Waals surface area (Å²) in [5.74, 6) is -4.34. The van der Waals surface area contributed by atoms with Crippen LogP contribution >= 0.6 is 0 Å². The molecule has 5 saturated carbocycles. The number of rotatable bonds is 10. The molecule has 1 aromatic carbocycles. The molecule has 7 rings (SSSR count). The molecule has 0 amide bonds. The first-order chi connectivity index (χ1) is 23.4. The summed E-state index contributed by atoms with van der Waals surface area (Å²) in [4.78, 5) is 41.6. The third-order valence-electron chi connectivity index (χ3n) is 13.4. The van der Waals surface area contributed by atoms with Gasteiger partial charge >= 0.3 is 17.9 Å². The number of nitrogens with zero attached hydrogens (tertiary/aromatic N) is 1. The van der Waals surface area contributed by atoms with Crippen LogP contribution in [0.25, 0.3) is 0 Å². The number of fused-ring (bicyclic) bond motifs is 2. The molecule has 270 valence electrons. The summed E-state index contributed by atoms with van der Waals surface area (Å²) in [7, 11) is 6.26. The van der Waals surface area contributed by atoms with E-state index in [-0.39, 0.29) is 19.1 Å². The molecule has 3 unspecified atom stereocenters. The quantitative estimate of drug-likeness (QED) is 0.267. The van der Waals surface area contributed by atoms with Crippen molar-refractivity contribution in [2.75, 3.05) is 48.1 Å². The first-order valence-electron chi connectivity index (χ1n) is 17.2. The van der Waals surface area contributed by atoms with Gasteiger partial charge < -0.3 is 43.4 Å². The minimum Gasteiger partial charge on any atom is -0.462 e. The number of hydrogen-bond acceptors (Lipinski definition) is 13. The molecule has 1 heterocycles. The normalized spacial score (nSPS) is 47.4. The Morgan fingerprint density at radius 2 is 1.55 bits per heavy atom. The highest BCUT2D eigenvalue weighted by Crippen LogP contribution is 2.80. The first-order valence-corrected chi connectivity index (χ1v) is 17.2. The van der Waals surface area contributed by atoms with Crippen LogP contribution in [0, 0.1) is 34.5 Å². The molecule has 2 N–H and O–H groups in total. The highest BCUT2D eigenvalue weighted by Gasteiger charge is 2.92. The molecule has 5 aliphatic carbocycles. The van der Waals surface area contributed by atoms with Crippen molar-refractivity contribution in [3.8, 4) is 0 Å². The Kier molecular flexibility index (Phi) is 8.49. The van der Waals surface area contributed by atoms with Gasteiger partial charge in [-0.2, -0.15) is 0 Å². The third-order valence-corrected chi connectivity index (χ3v) is 13.4. The summed E-state index contributed by atoms with van der Waals surface area (Å²) in [6, 6.07) is 8.11. The third kappa shape index (κ3) is 4.27. The van der Waals surface area contributed by atoms with Crippen LogP contribution < -0.4 is 0 Å². The van der Waals surface area contributed by atoms with Crippen molar-refractivity contribution in [2.24, 2.45) is 34.5 Å².